The molecule has 3 nitrogen and oxygen atoms in total. The van der Waals surface area contributed by atoms with Gasteiger partial charge in [0.25, 0.3) is 0 Å². The number of thioether (sulfide) groups is 1. The van der Waals surface area contributed by atoms with E-state index in [9.17, 15) is 4.79 Å². The van der Waals surface area contributed by atoms with Gasteiger partial charge in [0.05, 0.1) is 12.3 Å². The lowest BCUT2D eigenvalue weighted by Crippen LogP contribution is -2.11. The third-order valence-electron chi connectivity index (χ3n) is 2.30. The highest BCUT2D eigenvalue weighted by atomic mass is 32.2. The fourth-order valence-corrected chi connectivity index (χ4v) is 2.52. The Morgan fingerprint density at radius 3 is 3.19 bits per heavy atom. The largest absolute Gasteiger partial charge is 0.491 e. The summed E-state index contributed by atoms with van der Waals surface area (Å²) >= 11 is 1.70. The molecule has 1 aromatic carbocycles. The van der Waals surface area contributed by atoms with Gasteiger partial charge >= 0.3 is 0 Å². The van der Waals surface area contributed by atoms with Crippen LogP contribution in [0, 0.1) is 0 Å². The van der Waals surface area contributed by atoms with Gasteiger partial charge in [-0.15, -0.1) is 11.8 Å². The average Bonchev–Trinajstić information content (AvgIpc) is 2.47. The molecule has 0 fully saturated rings. The number of amides is 1. The summed E-state index contributed by atoms with van der Waals surface area (Å²) in [7, 11) is 0. The van der Waals surface area contributed by atoms with Crippen molar-refractivity contribution in [2.24, 2.45) is 0 Å². The predicted molar refractivity (Wildman–Crippen MR) is 66.2 cm³/mol. The average molecular weight is 237 g/mol. The number of rotatable bonds is 3. The van der Waals surface area contributed by atoms with Crippen molar-refractivity contribution in [2.75, 3.05) is 17.7 Å². The Kier molecular flexibility index (Phi) is 3.72. The number of para-hydroxylation sites is 1. The van der Waals surface area contributed by atoms with Gasteiger partial charge in [0, 0.05) is 17.1 Å². The van der Waals surface area contributed by atoms with Gasteiger partial charge in [-0.1, -0.05) is 13.0 Å². The van der Waals surface area contributed by atoms with E-state index in [1.54, 1.807) is 11.8 Å². The molecular weight excluding hydrogens is 222 g/mol. The van der Waals surface area contributed by atoms with Crippen LogP contribution in [0.4, 0.5) is 5.69 Å². The van der Waals surface area contributed by atoms with Crippen LogP contribution in [-0.2, 0) is 4.79 Å². The summed E-state index contributed by atoms with van der Waals surface area (Å²) in [6.07, 6.45) is 1.53. The highest BCUT2D eigenvalue weighted by molar-refractivity contribution is 7.99. The van der Waals surface area contributed by atoms with Crippen LogP contribution in [0.2, 0.25) is 0 Å². The van der Waals surface area contributed by atoms with E-state index >= 15 is 0 Å². The number of carbonyl (C=O) groups excluding carboxylic acids is 1. The van der Waals surface area contributed by atoms with Crippen LogP contribution in [0.15, 0.2) is 23.1 Å². The van der Waals surface area contributed by atoms with Crippen molar-refractivity contribution in [2.45, 2.75) is 24.7 Å². The van der Waals surface area contributed by atoms with Crippen molar-refractivity contribution < 1.29 is 9.53 Å². The van der Waals surface area contributed by atoms with Gasteiger partial charge in [0.2, 0.25) is 5.91 Å². The van der Waals surface area contributed by atoms with Crippen LogP contribution < -0.4 is 10.1 Å². The zero-order chi connectivity index (χ0) is 11.4. The molecule has 0 atom stereocenters. The van der Waals surface area contributed by atoms with Gasteiger partial charge in [-0.05, 0) is 18.6 Å². The SMILES string of the molecule is CCCOc1cccc2c1NC(=O)CCS2. The maximum Gasteiger partial charge on any atom is 0.225 e. The number of hydrogen-bond donors (Lipinski definition) is 1. The van der Waals surface area contributed by atoms with Crippen molar-refractivity contribution in [3.05, 3.63) is 18.2 Å². The lowest BCUT2D eigenvalue weighted by Gasteiger charge is -2.12. The van der Waals surface area contributed by atoms with E-state index in [1.165, 1.54) is 0 Å². The van der Waals surface area contributed by atoms with Crippen LogP contribution >= 0.6 is 11.8 Å². The first-order valence-corrected chi connectivity index (χ1v) is 6.48. The maximum atomic E-state index is 11.5. The third kappa shape index (κ3) is 2.50. The number of benzene rings is 1. The molecule has 0 unspecified atom stereocenters. The van der Waals surface area contributed by atoms with Crippen LogP contribution in [-0.4, -0.2) is 18.3 Å². The Bertz CT molecular complexity index is 393. The highest BCUT2D eigenvalue weighted by Gasteiger charge is 2.16. The molecule has 1 heterocycles. The molecule has 0 spiro atoms. The fraction of sp³-hybridized carbons (Fsp3) is 0.417. The normalized spacial score (nSPS) is 14.9. The van der Waals surface area contributed by atoms with Gasteiger partial charge in [-0.2, -0.15) is 0 Å². The van der Waals surface area contributed by atoms with E-state index in [0.29, 0.717) is 13.0 Å². The van der Waals surface area contributed by atoms with Crippen molar-refractivity contribution in [1.82, 2.24) is 0 Å². The first-order chi connectivity index (χ1) is 7.81. The third-order valence-corrected chi connectivity index (χ3v) is 3.36. The molecule has 4 heteroatoms. The summed E-state index contributed by atoms with van der Waals surface area (Å²) in [5.74, 6) is 1.68. The Morgan fingerprint density at radius 1 is 1.50 bits per heavy atom. The van der Waals surface area contributed by atoms with Gasteiger partial charge in [-0.25, -0.2) is 0 Å². The molecule has 1 N–H and O–H groups in total. The monoisotopic (exact) mass is 237 g/mol. The van der Waals surface area contributed by atoms with Crippen molar-refractivity contribution in [3.63, 3.8) is 0 Å². The lowest BCUT2D eigenvalue weighted by atomic mass is 10.3. The number of nitrogens with one attached hydrogen (secondary N) is 1. The van der Waals surface area contributed by atoms with Gasteiger partial charge < -0.3 is 10.1 Å². The molecule has 0 saturated carbocycles. The number of carbonyl (C=O) groups is 1. The second-order valence-electron chi connectivity index (χ2n) is 3.62. The molecule has 1 amide bonds. The van der Waals surface area contributed by atoms with Crippen LogP contribution in [0.1, 0.15) is 19.8 Å². The van der Waals surface area contributed by atoms with Gasteiger partial charge in [0.1, 0.15) is 5.75 Å². The minimum absolute atomic E-state index is 0.0683. The molecule has 1 aliphatic rings. The molecular formula is C12H15NO2S. The fourth-order valence-electron chi connectivity index (χ4n) is 1.54. The molecule has 0 radical (unpaired) electrons. The number of fused-ring (bicyclic) bond motifs is 1. The summed E-state index contributed by atoms with van der Waals surface area (Å²) in [6, 6.07) is 5.89. The van der Waals surface area contributed by atoms with Gasteiger partial charge in [-0.3, -0.25) is 4.79 Å². The molecule has 2 rings (SSSR count). The zero-order valence-corrected chi connectivity index (χ0v) is 10.1. The van der Waals surface area contributed by atoms with Gasteiger partial charge in [0.15, 0.2) is 0 Å². The Hall–Kier alpha value is -1.16. The second kappa shape index (κ2) is 5.25. The molecule has 0 saturated heterocycles. The smallest absolute Gasteiger partial charge is 0.225 e. The Balaban J connectivity index is 2.28. The topological polar surface area (TPSA) is 38.3 Å². The standard InChI is InChI=1S/C12H15NO2S/c1-2-7-15-9-4-3-5-10-12(9)13-11(14)6-8-16-10/h3-5H,2,6-8H2,1H3,(H,13,14). The minimum Gasteiger partial charge on any atom is -0.491 e. The summed E-state index contributed by atoms with van der Waals surface area (Å²) in [4.78, 5) is 12.6. The molecule has 0 aromatic heterocycles. The van der Waals surface area contributed by atoms with Crippen LogP contribution in [0.5, 0.6) is 5.75 Å². The quantitative estimate of drug-likeness (QED) is 0.878. The summed E-state index contributed by atoms with van der Waals surface area (Å²) in [5, 5.41) is 2.92. The molecule has 1 aliphatic heterocycles. The molecule has 0 bridgehead atoms. The summed E-state index contributed by atoms with van der Waals surface area (Å²) < 4.78 is 5.63. The molecule has 86 valence electrons. The van der Waals surface area contributed by atoms with Crippen molar-refractivity contribution in [1.29, 1.82) is 0 Å². The van der Waals surface area contributed by atoms with E-state index < -0.39 is 0 Å². The van der Waals surface area contributed by atoms with Crippen molar-refractivity contribution in [3.8, 4) is 5.75 Å². The number of anilines is 1. The Morgan fingerprint density at radius 2 is 2.38 bits per heavy atom. The minimum atomic E-state index is 0.0683. The number of ether oxygens (including phenoxy) is 1. The van der Waals surface area contributed by atoms with E-state index in [1.807, 2.05) is 18.2 Å². The molecule has 16 heavy (non-hydrogen) atoms. The van der Waals surface area contributed by atoms with Crippen LogP contribution in [0.25, 0.3) is 0 Å². The first kappa shape index (κ1) is 11.3. The first-order valence-electron chi connectivity index (χ1n) is 5.49. The van der Waals surface area contributed by atoms with E-state index in [4.69, 9.17) is 4.74 Å². The molecule has 0 aliphatic carbocycles. The van der Waals surface area contributed by atoms with Crippen LogP contribution in [0.3, 0.4) is 0 Å². The summed E-state index contributed by atoms with van der Waals surface area (Å²) in [5.41, 5.74) is 0.837. The summed E-state index contributed by atoms with van der Waals surface area (Å²) in [6.45, 7) is 2.74. The van der Waals surface area contributed by atoms with E-state index in [0.717, 1.165) is 28.5 Å². The zero-order valence-electron chi connectivity index (χ0n) is 9.29. The maximum absolute atomic E-state index is 11.5. The lowest BCUT2D eigenvalue weighted by molar-refractivity contribution is -0.115. The van der Waals surface area contributed by atoms with E-state index in [-0.39, 0.29) is 5.91 Å². The molecule has 1 aromatic rings. The van der Waals surface area contributed by atoms with Crippen molar-refractivity contribution >= 4 is 23.4 Å². The Labute approximate surface area is 99.6 Å². The number of hydrogen-bond acceptors (Lipinski definition) is 3. The van der Waals surface area contributed by atoms with E-state index in [2.05, 4.69) is 12.2 Å². The second-order valence-corrected chi connectivity index (χ2v) is 4.76. The highest BCUT2D eigenvalue weighted by Crippen LogP contribution is 2.37. The predicted octanol–water partition coefficient (Wildman–Crippen LogP) is 2.91.